The van der Waals surface area contributed by atoms with Crippen molar-refractivity contribution in [2.24, 2.45) is 0 Å². The maximum absolute atomic E-state index is 12.2. The highest BCUT2D eigenvalue weighted by Gasteiger charge is 2.06. The molecule has 0 fully saturated rings. The van der Waals surface area contributed by atoms with Gasteiger partial charge in [0.25, 0.3) is 5.91 Å². The first kappa shape index (κ1) is 13.6. The molecule has 2 N–H and O–H groups in total. The number of hydrogen-bond donors (Lipinski definition) is 2. The number of anilines is 2. The molecule has 0 bridgehead atoms. The number of nitrogens with one attached hydrogen (secondary N) is 2. The lowest BCUT2D eigenvalue weighted by atomic mass is 10.2. The van der Waals surface area contributed by atoms with Gasteiger partial charge in [0.05, 0.1) is 0 Å². The van der Waals surface area contributed by atoms with E-state index in [1.807, 2.05) is 49.4 Å². The lowest BCUT2D eigenvalue weighted by molar-refractivity contribution is 0.102. The molecule has 0 saturated heterocycles. The molecule has 3 aromatic rings. The predicted molar refractivity (Wildman–Crippen MR) is 90.4 cm³/mol. The monoisotopic (exact) mass is 296 g/mol. The highest BCUT2D eigenvalue weighted by Crippen LogP contribution is 2.24. The van der Waals surface area contributed by atoms with Crippen molar-refractivity contribution < 1.29 is 4.79 Å². The molecule has 1 heterocycles. The number of carbonyl (C=O) groups is 1. The summed E-state index contributed by atoms with van der Waals surface area (Å²) in [4.78, 5) is 12.2. The number of benzene rings is 2. The first-order valence-electron chi connectivity index (χ1n) is 6.89. The minimum absolute atomic E-state index is 0.0902. The number of carbonyl (C=O) groups excluding carboxylic acids is 1. The summed E-state index contributed by atoms with van der Waals surface area (Å²) < 4.78 is 1.22. The highest BCUT2D eigenvalue weighted by atomic mass is 32.1. The molecule has 3 rings (SSSR count). The lowest BCUT2D eigenvalue weighted by Gasteiger charge is -2.07. The molecule has 106 valence electrons. The summed E-state index contributed by atoms with van der Waals surface area (Å²) in [5, 5.41) is 9.35. The highest BCUT2D eigenvalue weighted by molar-refractivity contribution is 7.17. The molecule has 0 atom stereocenters. The van der Waals surface area contributed by atoms with Gasteiger partial charge in [0.15, 0.2) is 0 Å². The second-order valence-corrected chi connectivity index (χ2v) is 5.68. The van der Waals surface area contributed by atoms with Gasteiger partial charge in [0.2, 0.25) is 0 Å². The van der Waals surface area contributed by atoms with Crippen LogP contribution in [-0.4, -0.2) is 12.5 Å². The topological polar surface area (TPSA) is 41.1 Å². The molecule has 0 saturated carbocycles. The van der Waals surface area contributed by atoms with Crippen LogP contribution in [0.4, 0.5) is 11.4 Å². The van der Waals surface area contributed by atoms with Gasteiger partial charge < -0.3 is 10.6 Å². The van der Waals surface area contributed by atoms with E-state index < -0.39 is 0 Å². The van der Waals surface area contributed by atoms with Gasteiger partial charge in [-0.05, 0) is 66.2 Å². The first-order chi connectivity index (χ1) is 10.3. The first-order valence-corrected chi connectivity index (χ1v) is 7.77. The Labute approximate surface area is 127 Å². The molecule has 0 radical (unpaired) electrons. The molecule has 3 nitrogen and oxygen atoms in total. The Kier molecular flexibility index (Phi) is 3.88. The fraction of sp³-hybridized carbons (Fsp3) is 0.118. The summed E-state index contributed by atoms with van der Waals surface area (Å²) in [6.07, 6.45) is 0. The van der Waals surface area contributed by atoms with Gasteiger partial charge in [-0.15, -0.1) is 11.3 Å². The van der Waals surface area contributed by atoms with Crippen LogP contribution in [0.15, 0.2) is 53.9 Å². The van der Waals surface area contributed by atoms with Crippen molar-refractivity contribution in [3.63, 3.8) is 0 Å². The maximum Gasteiger partial charge on any atom is 0.255 e. The fourth-order valence-electron chi connectivity index (χ4n) is 2.19. The minimum atomic E-state index is -0.0902. The van der Waals surface area contributed by atoms with Crippen LogP contribution < -0.4 is 10.6 Å². The molecule has 0 aliphatic heterocycles. The van der Waals surface area contributed by atoms with E-state index in [4.69, 9.17) is 0 Å². The zero-order valence-corrected chi connectivity index (χ0v) is 12.5. The van der Waals surface area contributed by atoms with Crippen LogP contribution in [-0.2, 0) is 0 Å². The summed E-state index contributed by atoms with van der Waals surface area (Å²) in [5.41, 5.74) is 2.50. The average Bonchev–Trinajstić information content (AvgIpc) is 2.96. The lowest BCUT2D eigenvalue weighted by Crippen LogP contribution is -2.11. The largest absolute Gasteiger partial charge is 0.385 e. The molecular weight excluding hydrogens is 280 g/mol. The van der Waals surface area contributed by atoms with Gasteiger partial charge in [-0.1, -0.05) is 0 Å². The second kappa shape index (κ2) is 5.97. The van der Waals surface area contributed by atoms with Crippen molar-refractivity contribution in [2.45, 2.75) is 6.92 Å². The minimum Gasteiger partial charge on any atom is -0.385 e. The van der Waals surface area contributed by atoms with Crippen molar-refractivity contribution in [2.75, 3.05) is 17.2 Å². The van der Waals surface area contributed by atoms with Crippen LogP contribution in [0.3, 0.4) is 0 Å². The number of amides is 1. The molecule has 1 amide bonds. The Morgan fingerprint density at radius 1 is 1.05 bits per heavy atom. The van der Waals surface area contributed by atoms with Crippen LogP contribution in [0, 0.1) is 0 Å². The van der Waals surface area contributed by atoms with Crippen molar-refractivity contribution in [3.8, 4) is 0 Å². The summed E-state index contributed by atoms with van der Waals surface area (Å²) >= 11 is 1.70. The summed E-state index contributed by atoms with van der Waals surface area (Å²) in [6.45, 7) is 2.91. The Morgan fingerprint density at radius 3 is 2.57 bits per heavy atom. The van der Waals surface area contributed by atoms with Crippen molar-refractivity contribution >= 4 is 38.7 Å². The number of hydrogen-bond acceptors (Lipinski definition) is 3. The zero-order chi connectivity index (χ0) is 14.7. The van der Waals surface area contributed by atoms with Crippen LogP contribution >= 0.6 is 11.3 Å². The predicted octanol–water partition coefficient (Wildman–Crippen LogP) is 4.59. The molecule has 0 unspecified atom stereocenters. The van der Waals surface area contributed by atoms with E-state index in [1.165, 1.54) is 4.70 Å². The maximum atomic E-state index is 12.2. The molecule has 1 aromatic heterocycles. The van der Waals surface area contributed by atoms with Gasteiger partial charge in [-0.3, -0.25) is 4.79 Å². The van der Waals surface area contributed by atoms with E-state index in [1.54, 1.807) is 11.3 Å². The van der Waals surface area contributed by atoms with Crippen molar-refractivity contribution in [1.29, 1.82) is 0 Å². The third-order valence-electron chi connectivity index (χ3n) is 3.24. The number of fused-ring (bicyclic) bond motifs is 1. The number of rotatable bonds is 4. The Balaban J connectivity index is 1.75. The fourth-order valence-corrected chi connectivity index (χ4v) is 2.96. The standard InChI is InChI=1S/C17H16N2OS/c1-2-18-14-5-3-12(4-6-14)17(20)19-15-7-8-16-13(11-15)9-10-21-16/h3-11,18H,2H2,1H3,(H,19,20). The molecular formula is C17H16N2OS. The van der Waals surface area contributed by atoms with E-state index in [-0.39, 0.29) is 5.91 Å². The van der Waals surface area contributed by atoms with Crippen molar-refractivity contribution in [3.05, 3.63) is 59.5 Å². The van der Waals surface area contributed by atoms with Gasteiger partial charge >= 0.3 is 0 Å². The third-order valence-corrected chi connectivity index (χ3v) is 4.14. The van der Waals surface area contributed by atoms with E-state index in [2.05, 4.69) is 22.1 Å². The molecule has 0 aliphatic rings. The van der Waals surface area contributed by atoms with E-state index >= 15 is 0 Å². The SMILES string of the molecule is CCNc1ccc(C(=O)Nc2ccc3sccc3c2)cc1. The van der Waals surface area contributed by atoms with Gasteiger partial charge in [-0.25, -0.2) is 0 Å². The molecule has 4 heteroatoms. The van der Waals surface area contributed by atoms with Crippen molar-refractivity contribution in [1.82, 2.24) is 0 Å². The number of thiophene rings is 1. The van der Waals surface area contributed by atoms with Crippen LogP contribution in [0.1, 0.15) is 17.3 Å². The molecule has 0 spiro atoms. The van der Waals surface area contributed by atoms with Crippen LogP contribution in [0.25, 0.3) is 10.1 Å². The molecule has 0 aliphatic carbocycles. The summed E-state index contributed by atoms with van der Waals surface area (Å²) in [5.74, 6) is -0.0902. The second-order valence-electron chi connectivity index (χ2n) is 4.74. The van der Waals surface area contributed by atoms with E-state index in [0.717, 1.165) is 23.3 Å². The van der Waals surface area contributed by atoms with Gasteiger partial charge in [-0.2, -0.15) is 0 Å². The quantitative estimate of drug-likeness (QED) is 0.739. The smallest absolute Gasteiger partial charge is 0.255 e. The van der Waals surface area contributed by atoms with E-state index in [0.29, 0.717) is 5.56 Å². The average molecular weight is 296 g/mol. The van der Waals surface area contributed by atoms with Gasteiger partial charge in [0, 0.05) is 28.2 Å². The van der Waals surface area contributed by atoms with Gasteiger partial charge in [0.1, 0.15) is 0 Å². The van der Waals surface area contributed by atoms with E-state index in [9.17, 15) is 4.79 Å². The van der Waals surface area contributed by atoms with Crippen LogP contribution in [0.2, 0.25) is 0 Å². The summed E-state index contributed by atoms with van der Waals surface area (Å²) in [7, 11) is 0. The Bertz CT molecular complexity index is 762. The third kappa shape index (κ3) is 3.06. The Hall–Kier alpha value is -2.33. The molecule has 2 aromatic carbocycles. The summed E-state index contributed by atoms with van der Waals surface area (Å²) in [6, 6.07) is 15.5. The zero-order valence-electron chi connectivity index (χ0n) is 11.7. The normalized spacial score (nSPS) is 10.5. The Morgan fingerprint density at radius 2 is 1.81 bits per heavy atom. The van der Waals surface area contributed by atoms with Crippen LogP contribution in [0.5, 0.6) is 0 Å². The molecule has 21 heavy (non-hydrogen) atoms.